The molecule has 0 fully saturated rings. The van der Waals surface area contributed by atoms with E-state index in [9.17, 15) is 0 Å². The van der Waals surface area contributed by atoms with Crippen molar-refractivity contribution in [3.05, 3.63) is 70.8 Å². The van der Waals surface area contributed by atoms with E-state index in [0.29, 0.717) is 51.5 Å². The SMILES string of the molecule is CCCCCOc1c(/C=C/c2nc3cc(Cl)cnc3n2-c2ccc(C#N)cn2)cccc1OC. The van der Waals surface area contributed by atoms with E-state index in [-0.39, 0.29) is 0 Å². The minimum Gasteiger partial charge on any atom is -0.493 e. The number of halogens is 1. The quantitative estimate of drug-likeness (QED) is 0.273. The molecule has 0 aliphatic rings. The minimum atomic E-state index is 0.475. The number of imidazole rings is 1. The number of fused-ring (bicyclic) bond motifs is 1. The molecule has 3 heterocycles. The first-order chi connectivity index (χ1) is 16.6. The maximum absolute atomic E-state index is 9.12. The molecule has 0 amide bonds. The molecule has 4 rings (SSSR count). The van der Waals surface area contributed by atoms with Crippen LogP contribution < -0.4 is 9.47 Å². The van der Waals surface area contributed by atoms with Crippen molar-refractivity contribution < 1.29 is 9.47 Å². The first-order valence-corrected chi connectivity index (χ1v) is 11.4. The van der Waals surface area contributed by atoms with Gasteiger partial charge in [-0.05, 0) is 42.8 Å². The van der Waals surface area contributed by atoms with Crippen molar-refractivity contribution in [3.63, 3.8) is 0 Å². The summed E-state index contributed by atoms with van der Waals surface area (Å²) in [5, 5.41) is 9.61. The van der Waals surface area contributed by atoms with Gasteiger partial charge < -0.3 is 9.47 Å². The van der Waals surface area contributed by atoms with Gasteiger partial charge in [0.2, 0.25) is 0 Å². The average Bonchev–Trinajstić information content (AvgIpc) is 3.22. The largest absolute Gasteiger partial charge is 0.493 e. The fourth-order valence-corrected chi connectivity index (χ4v) is 3.70. The molecule has 0 aliphatic heterocycles. The fourth-order valence-electron chi connectivity index (χ4n) is 3.55. The second-order valence-electron chi connectivity index (χ2n) is 7.59. The Kier molecular flexibility index (Phi) is 7.41. The highest BCUT2D eigenvalue weighted by Crippen LogP contribution is 2.33. The van der Waals surface area contributed by atoms with E-state index in [1.54, 1.807) is 31.5 Å². The van der Waals surface area contributed by atoms with Gasteiger partial charge in [0, 0.05) is 18.0 Å². The number of ether oxygens (including phenoxy) is 2. The van der Waals surface area contributed by atoms with Crippen LogP contribution in [-0.4, -0.2) is 33.2 Å². The van der Waals surface area contributed by atoms with Crippen molar-refractivity contribution in [1.29, 1.82) is 5.26 Å². The monoisotopic (exact) mass is 473 g/mol. The maximum Gasteiger partial charge on any atom is 0.168 e. The van der Waals surface area contributed by atoms with Crippen molar-refractivity contribution in [2.75, 3.05) is 13.7 Å². The third kappa shape index (κ3) is 5.03. The van der Waals surface area contributed by atoms with Crippen molar-refractivity contribution in [2.24, 2.45) is 0 Å². The smallest absolute Gasteiger partial charge is 0.168 e. The zero-order valence-electron chi connectivity index (χ0n) is 19.0. The second kappa shape index (κ2) is 10.8. The highest BCUT2D eigenvalue weighted by Gasteiger charge is 2.15. The van der Waals surface area contributed by atoms with Gasteiger partial charge in [-0.2, -0.15) is 5.26 Å². The molecule has 0 bridgehead atoms. The number of para-hydroxylation sites is 1. The number of benzene rings is 1. The zero-order valence-corrected chi connectivity index (χ0v) is 19.8. The Hall–Kier alpha value is -3.89. The molecule has 8 heteroatoms. The lowest BCUT2D eigenvalue weighted by Gasteiger charge is -2.13. The van der Waals surface area contributed by atoms with E-state index in [1.165, 1.54) is 6.20 Å². The van der Waals surface area contributed by atoms with E-state index in [1.807, 2.05) is 34.9 Å². The van der Waals surface area contributed by atoms with Gasteiger partial charge in [-0.25, -0.2) is 15.0 Å². The number of nitriles is 1. The van der Waals surface area contributed by atoms with Gasteiger partial charge in [-0.15, -0.1) is 0 Å². The van der Waals surface area contributed by atoms with Crippen molar-refractivity contribution >= 4 is 34.9 Å². The summed E-state index contributed by atoms with van der Waals surface area (Å²) in [7, 11) is 1.63. The van der Waals surface area contributed by atoms with Crippen LogP contribution in [0, 0.1) is 11.3 Å². The van der Waals surface area contributed by atoms with E-state index >= 15 is 0 Å². The van der Waals surface area contributed by atoms with Gasteiger partial charge >= 0.3 is 0 Å². The molecular formula is C26H24ClN5O2. The third-order valence-electron chi connectivity index (χ3n) is 5.23. The molecule has 0 N–H and O–H groups in total. The predicted octanol–water partition coefficient (Wildman–Crippen LogP) is 6.09. The molecule has 0 aliphatic carbocycles. The number of methoxy groups -OCH3 is 1. The normalized spacial score (nSPS) is 11.1. The number of nitrogens with zero attached hydrogens (tertiary/aromatic N) is 5. The fraction of sp³-hybridized carbons (Fsp3) is 0.231. The summed E-state index contributed by atoms with van der Waals surface area (Å²) >= 11 is 6.15. The Balaban J connectivity index is 1.76. The number of hydrogen-bond donors (Lipinski definition) is 0. The van der Waals surface area contributed by atoms with Crippen molar-refractivity contribution in [1.82, 2.24) is 19.5 Å². The molecule has 3 aromatic heterocycles. The molecule has 0 saturated heterocycles. The zero-order chi connectivity index (χ0) is 23.9. The summed E-state index contributed by atoms with van der Waals surface area (Å²) in [6.45, 7) is 2.78. The minimum absolute atomic E-state index is 0.475. The molecule has 4 aromatic rings. The molecular weight excluding hydrogens is 450 g/mol. The molecule has 172 valence electrons. The Labute approximate surface area is 203 Å². The Morgan fingerprint density at radius 3 is 2.74 bits per heavy atom. The van der Waals surface area contributed by atoms with Gasteiger partial charge in [0.1, 0.15) is 23.2 Å². The summed E-state index contributed by atoms with van der Waals surface area (Å²) in [6.07, 6.45) is 10.1. The van der Waals surface area contributed by atoms with Crippen LogP contribution in [0.3, 0.4) is 0 Å². The first-order valence-electron chi connectivity index (χ1n) is 11.0. The topological polar surface area (TPSA) is 85.9 Å². The summed E-state index contributed by atoms with van der Waals surface area (Å²) < 4.78 is 13.4. The van der Waals surface area contributed by atoms with E-state index in [2.05, 4.69) is 23.0 Å². The maximum atomic E-state index is 9.12. The van der Waals surface area contributed by atoms with Crippen LogP contribution in [0.1, 0.15) is 43.1 Å². The van der Waals surface area contributed by atoms with Gasteiger partial charge in [0.15, 0.2) is 17.1 Å². The molecule has 34 heavy (non-hydrogen) atoms. The van der Waals surface area contributed by atoms with E-state index in [4.69, 9.17) is 31.3 Å². The first kappa shape index (κ1) is 23.3. The van der Waals surface area contributed by atoms with Gasteiger partial charge in [0.05, 0.1) is 24.3 Å². The number of aromatic nitrogens is 4. The lowest BCUT2D eigenvalue weighted by molar-refractivity contribution is 0.285. The van der Waals surface area contributed by atoms with E-state index < -0.39 is 0 Å². The molecule has 7 nitrogen and oxygen atoms in total. The number of hydrogen-bond acceptors (Lipinski definition) is 6. The molecule has 0 unspecified atom stereocenters. The lowest BCUT2D eigenvalue weighted by Crippen LogP contribution is -2.02. The predicted molar refractivity (Wildman–Crippen MR) is 133 cm³/mol. The molecule has 1 aromatic carbocycles. The van der Waals surface area contributed by atoms with Crippen LogP contribution in [-0.2, 0) is 0 Å². The highest BCUT2D eigenvalue weighted by molar-refractivity contribution is 6.31. The Morgan fingerprint density at radius 1 is 1.12 bits per heavy atom. The van der Waals surface area contributed by atoms with Crippen LogP contribution in [0.5, 0.6) is 11.5 Å². The number of unbranched alkanes of at least 4 members (excludes halogenated alkanes) is 2. The van der Waals surface area contributed by atoms with Gasteiger partial charge in [-0.1, -0.05) is 43.5 Å². The average molecular weight is 474 g/mol. The molecule has 0 saturated carbocycles. The lowest BCUT2D eigenvalue weighted by atomic mass is 10.1. The summed E-state index contributed by atoms with van der Waals surface area (Å²) in [6, 6.07) is 13.1. The van der Waals surface area contributed by atoms with E-state index in [0.717, 1.165) is 24.8 Å². The summed E-state index contributed by atoms with van der Waals surface area (Å²) in [4.78, 5) is 13.6. The molecule has 0 radical (unpaired) electrons. The van der Waals surface area contributed by atoms with Crippen LogP contribution in [0.4, 0.5) is 0 Å². The Bertz CT molecular complexity index is 1360. The molecule has 0 spiro atoms. The second-order valence-corrected chi connectivity index (χ2v) is 8.02. The van der Waals surface area contributed by atoms with Crippen LogP contribution >= 0.6 is 11.6 Å². The standard InChI is InChI=1S/C26H24ClN5O2/c1-3-4-5-13-34-25-19(7-6-8-22(25)33-2)10-12-24-31-21-14-20(27)17-30-26(21)32(24)23-11-9-18(15-28)16-29-23/h6-12,14,16-17H,3-5,13H2,1-2H3/b12-10+. The third-order valence-corrected chi connectivity index (χ3v) is 5.44. The van der Waals surface area contributed by atoms with Crippen LogP contribution in [0.2, 0.25) is 5.02 Å². The van der Waals surface area contributed by atoms with Crippen LogP contribution in [0.15, 0.2) is 48.8 Å². The highest BCUT2D eigenvalue weighted by atomic mass is 35.5. The molecule has 0 atom stereocenters. The summed E-state index contributed by atoms with van der Waals surface area (Å²) in [5.74, 6) is 2.58. The Morgan fingerprint density at radius 2 is 2.00 bits per heavy atom. The van der Waals surface area contributed by atoms with Crippen molar-refractivity contribution in [3.8, 4) is 23.4 Å². The number of pyridine rings is 2. The summed E-state index contributed by atoms with van der Waals surface area (Å²) in [5.41, 5.74) is 2.60. The van der Waals surface area contributed by atoms with Crippen LogP contribution in [0.25, 0.3) is 29.1 Å². The van der Waals surface area contributed by atoms with Gasteiger partial charge in [-0.3, -0.25) is 4.57 Å². The van der Waals surface area contributed by atoms with Gasteiger partial charge in [0.25, 0.3) is 0 Å². The number of rotatable bonds is 9. The van der Waals surface area contributed by atoms with Crippen molar-refractivity contribution in [2.45, 2.75) is 26.2 Å².